The highest BCUT2D eigenvalue weighted by Gasteiger charge is 2.11. The number of methoxy groups -OCH3 is 1. The van der Waals surface area contributed by atoms with E-state index in [0.29, 0.717) is 17.0 Å². The molecule has 0 unspecified atom stereocenters. The lowest BCUT2D eigenvalue weighted by molar-refractivity contribution is 0.102. The van der Waals surface area contributed by atoms with Gasteiger partial charge < -0.3 is 9.84 Å². The summed E-state index contributed by atoms with van der Waals surface area (Å²) in [7, 11) is 1.50. The lowest BCUT2D eigenvalue weighted by Gasteiger charge is -2.07. The van der Waals surface area contributed by atoms with Crippen LogP contribution in [0.3, 0.4) is 0 Å². The highest BCUT2D eigenvalue weighted by molar-refractivity contribution is 6.03. The number of fused-ring (bicyclic) bond motifs is 1. The largest absolute Gasteiger partial charge is 0.504 e. The number of hydrogen-bond donors (Lipinski definition) is 2. The first-order chi connectivity index (χ1) is 13.1. The van der Waals surface area contributed by atoms with E-state index in [9.17, 15) is 9.90 Å². The number of carbonyl (C=O) groups excluding carboxylic acids is 1. The number of anilines is 1. The first-order valence-corrected chi connectivity index (χ1v) is 8.24. The number of rotatable bonds is 4. The molecule has 0 bridgehead atoms. The molecule has 27 heavy (non-hydrogen) atoms. The Morgan fingerprint density at radius 3 is 2.63 bits per heavy atom. The van der Waals surface area contributed by atoms with Gasteiger partial charge in [-0.25, -0.2) is 4.52 Å². The Balaban J connectivity index is 1.63. The van der Waals surface area contributed by atoms with Crippen molar-refractivity contribution < 1.29 is 14.6 Å². The van der Waals surface area contributed by atoms with E-state index in [0.717, 1.165) is 11.1 Å². The first kappa shape index (κ1) is 16.6. The molecule has 7 heteroatoms. The minimum absolute atomic E-state index is 0.0778. The van der Waals surface area contributed by atoms with Crippen molar-refractivity contribution in [3.05, 3.63) is 72.4 Å². The number of phenolic OH excluding ortho intramolecular Hbond substituents is 1. The van der Waals surface area contributed by atoms with E-state index >= 15 is 0 Å². The van der Waals surface area contributed by atoms with Crippen molar-refractivity contribution in [2.24, 2.45) is 0 Å². The molecule has 0 aliphatic rings. The summed E-state index contributed by atoms with van der Waals surface area (Å²) in [6, 6.07) is 17.7. The highest BCUT2D eigenvalue weighted by Crippen LogP contribution is 2.31. The van der Waals surface area contributed by atoms with Crippen molar-refractivity contribution in [3.8, 4) is 22.6 Å². The average Bonchev–Trinajstić information content (AvgIpc) is 3.10. The van der Waals surface area contributed by atoms with Crippen molar-refractivity contribution in [1.82, 2.24) is 14.6 Å². The lowest BCUT2D eigenvalue weighted by atomic mass is 10.1. The van der Waals surface area contributed by atoms with Crippen LogP contribution in [-0.4, -0.2) is 32.7 Å². The molecule has 134 valence electrons. The standard InChI is InChI=1S/C20H16N4O3/c1-27-17-11-14(7-9-16(17)25)15-8-10-18-21-20(23-24(18)12-15)22-19(26)13-5-3-2-4-6-13/h2-12,25H,1H3,(H,22,23,26). The fourth-order valence-corrected chi connectivity index (χ4v) is 2.73. The topological polar surface area (TPSA) is 88.8 Å². The molecule has 0 aliphatic carbocycles. The predicted octanol–water partition coefficient (Wildman–Crippen LogP) is 3.36. The first-order valence-electron chi connectivity index (χ1n) is 8.24. The number of aromatic hydroxyl groups is 1. The van der Waals surface area contributed by atoms with Gasteiger partial charge in [0.1, 0.15) is 0 Å². The molecule has 0 fully saturated rings. The maximum absolute atomic E-state index is 12.2. The Morgan fingerprint density at radius 1 is 1.07 bits per heavy atom. The van der Waals surface area contributed by atoms with E-state index in [1.54, 1.807) is 59.2 Å². The van der Waals surface area contributed by atoms with Gasteiger partial charge in [0.2, 0.25) is 5.95 Å². The summed E-state index contributed by atoms with van der Waals surface area (Å²) in [5, 5.41) is 16.8. The third kappa shape index (κ3) is 3.30. The van der Waals surface area contributed by atoms with Crippen LogP contribution in [0.2, 0.25) is 0 Å². The van der Waals surface area contributed by atoms with Gasteiger partial charge in [-0.05, 0) is 42.0 Å². The number of ether oxygens (including phenoxy) is 1. The third-order valence-corrected chi connectivity index (χ3v) is 4.11. The molecule has 0 spiro atoms. The van der Waals surface area contributed by atoms with Crippen LogP contribution >= 0.6 is 0 Å². The molecule has 2 heterocycles. The van der Waals surface area contributed by atoms with Crippen LogP contribution in [0.4, 0.5) is 5.95 Å². The minimum Gasteiger partial charge on any atom is -0.504 e. The second-order valence-electron chi connectivity index (χ2n) is 5.86. The summed E-state index contributed by atoms with van der Waals surface area (Å²) in [6.07, 6.45) is 1.80. The quantitative estimate of drug-likeness (QED) is 0.582. The van der Waals surface area contributed by atoms with Gasteiger partial charge in [-0.2, -0.15) is 4.98 Å². The summed E-state index contributed by atoms with van der Waals surface area (Å²) in [5.41, 5.74) is 2.87. The molecular weight excluding hydrogens is 344 g/mol. The van der Waals surface area contributed by atoms with Crippen LogP contribution in [0.5, 0.6) is 11.5 Å². The van der Waals surface area contributed by atoms with Crippen molar-refractivity contribution in [1.29, 1.82) is 0 Å². The average molecular weight is 360 g/mol. The Kier molecular flexibility index (Phi) is 4.18. The second-order valence-corrected chi connectivity index (χ2v) is 5.86. The number of nitrogens with one attached hydrogen (secondary N) is 1. The van der Waals surface area contributed by atoms with Crippen LogP contribution < -0.4 is 10.1 Å². The number of amides is 1. The molecule has 1 amide bonds. The van der Waals surface area contributed by atoms with Gasteiger partial charge in [0.05, 0.1) is 7.11 Å². The van der Waals surface area contributed by atoms with Crippen molar-refractivity contribution in [2.75, 3.05) is 12.4 Å². The van der Waals surface area contributed by atoms with Crippen LogP contribution in [-0.2, 0) is 0 Å². The van der Waals surface area contributed by atoms with Gasteiger partial charge in [-0.3, -0.25) is 10.1 Å². The SMILES string of the molecule is COc1cc(-c2ccc3nc(NC(=O)c4ccccc4)nn3c2)ccc1O. The van der Waals surface area contributed by atoms with Gasteiger partial charge in [-0.1, -0.05) is 24.3 Å². The summed E-state index contributed by atoms with van der Waals surface area (Å²) < 4.78 is 6.74. The number of nitrogens with zero attached hydrogens (tertiary/aromatic N) is 3. The van der Waals surface area contributed by atoms with Gasteiger partial charge >= 0.3 is 0 Å². The molecular formula is C20H16N4O3. The molecule has 2 aromatic carbocycles. The minimum atomic E-state index is -0.269. The normalized spacial score (nSPS) is 10.7. The molecule has 7 nitrogen and oxygen atoms in total. The molecule has 0 saturated heterocycles. The summed E-state index contributed by atoms with van der Waals surface area (Å²) in [4.78, 5) is 16.6. The summed E-state index contributed by atoms with van der Waals surface area (Å²) >= 11 is 0. The Hall–Kier alpha value is -3.87. The Bertz CT molecular complexity index is 1120. The Morgan fingerprint density at radius 2 is 1.85 bits per heavy atom. The van der Waals surface area contributed by atoms with Crippen LogP contribution in [0.25, 0.3) is 16.8 Å². The zero-order valence-electron chi connectivity index (χ0n) is 14.5. The van der Waals surface area contributed by atoms with E-state index in [2.05, 4.69) is 15.4 Å². The molecule has 4 rings (SSSR count). The van der Waals surface area contributed by atoms with E-state index in [1.165, 1.54) is 7.11 Å². The van der Waals surface area contributed by atoms with Crippen molar-refractivity contribution in [2.45, 2.75) is 0 Å². The van der Waals surface area contributed by atoms with E-state index in [1.807, 2.05) is 12.1 Å². The maximum atomic E-state index is 12.2. The van der Waals surface area contributed by atoms with Gasteiger partial charge in [0, 0.05) is 17.3 Å². The molecule has 0 radical (unpaired) electrons. The Labute approximate surface area is 154 Å². The number of benzene rings is 2. The number of hydrogen-bond acceptors (Lipinski definition) is 5. The van der Waals surface area contributed by atoms with Crippen molar-refractivity contribution in [3.63, 3.8) is 0 Å². The number of phenols is 1. The predicted molar refractivity (Wildman–Crippen MR) is 101 cm³/mol. The lowest BCUT2D eigenvalue weighted by Crippen LogP contribution is -2.12. The highest BCUT2D eigenvalue weighted by atomic mass is 16.5. The smallest absolute Gasteiger partial charge is 0.258 e. The van der Waals surface area contributed by atoms with E-state index < -0.39 is 0 Å². The molecule has 0 aliphatic heterocycles. The molecule has 2 N–H and O–H groups in total. The second kappa shape index (κ2) is 6.80. The summed E-state index contributed by atoms with van der Waals surface area (Å²) in [6.45, 7) is 0. The number of aromatic nitrogens is 3. The fourth-order valence-electron chi connectivity index (χ4n) is 2.73. The molecule has 0 saturated carbocycles. The van der Waals surface area contributed by atoms with Crippen LogP contribution in [0, 0.1) is 0 Å². The van der Waals surface area contributed by atoms with Crippen molar-refractivity contribution >= 4 is 17.5 Å². The summed E-state index contributed by atoms with van der Waals surface area (Å²) in [5.74, 6) is 0.426. The number of pyridine rings is 1. The fraction of sp³-hybridized carbons (Fsp3) is 0.0500. The van der Waals surface area contributed by atoms with E-state index in [4.69, 9.17) is 4.74 Å². The van der Waals surface area contributed by atoms with Gasteiger partial charge in [-0.15, -0.1) is 5.10 Å². The molecule has 2 aromatic heterocycles. The maximum Gasteiger partial charge on any atom is 0.258 e. The zero-order valence-corrected chi connectivity index (χ0v) is 14.5. The molecule has 4 aromatic rings. The third-order valence-electron chi connectivity index (χ3n) is 4.11. The van der Waals surface area contributed by atoms with Crippen LogP contribution in [0.15, 0.2) is 66.9 Å². The van der Waals surface area contributed by atoms with Gasteiger partial charge in [0.15, 0.2) is 17.1 Å². The van der Waals surface area contributed by atoms with Crippen LogP contribution in [0.1, 0.15) is 10.4 Å². The zero-order chi connectivity index (χ0) is 18.8. The number of carbonyl (C=O) groups is 1. The van der Waals surface area contributed by atoms with Gasteiger partial charge in [0.25, 0.3) is 5.91 Å². The monoisotopic (exact) mass is 360 g/mol. The molecule has 0 atom stereocenters. The van der Waals surface area contributed by atoms with E-state index in [-0.39, 0.29) is 17.6 Å².